The van der Waals surface area contributed by atoms with Crippen LogP contribution in [-0.4, -0.2) is 10.7 Å². The molecule has 46 valence electrons. The van der Waals surface area contributed by atoms with E-state index in [1.54, 1.807) is 11.9 Å². The minimum absolute atomic E-state index is 0. The topological polar surface area (TPSA) is 53.0 Å². The molecule has 0 radical (unpaired) electrons. The SMILES string of the molecule is O=C([O-])c1cccpn1.[Na+]. The van der Waals surface area contributed by atoms with Gasteiger partial charge in [0, 0.05) is 8.35 Å². The maximum atomic E-state index is 10.0. The number of nitrogens with zero attached hydrogens (tertiary/aromatic N) is 1. The van der Waals surface area contributed by atoms with Crippen LogP contribution in [0.5, 0.6) is 0 Å². The zero-order valence-corrected chi connectivity index (χ0v) is 8.34. The van der Waals surface area contributed by atoms with Crippen molar-refractivity contribution in [1.29, 1.82) is 0 Å². The van der Waals surface area contributed by atoms with E-state index in [2.05, 4.69) is 4.75 Å². The molecule has 0 saturated heterocycles. The third-order valence-electron chi connectivity index (χ3n) is 0.781. The summed E-state index contributed by atoms with van der Waals surface area (Å²) in [5.41, 5.74) is 0.0131. The molecule has 0 aliphatic heterocycles. The summed E-state index contributed by atoms with van der Waals surface area (Å²) in [5, 5.41) is 10.0. The molecule has 10 heavy (non-hydrogen) atoms. The molecular weight excluding hydrogens is 160 g/mol. The number of hydrogen-bond donors (Lipinski definition) is 0. The molecular formula is C5H3NNaO2P. The first-order valence-corrected chi connectivity index (χ1v) is 3.21. The molecule has 1 heterocycles. The summed E-state index contributed by atoms with van der Waals surface area (Å²) < 4.78 is 3.61. The van der Waals surface area contributed by atoms with Crippen LogP contribution in [0.4, 0.5) is 0 Å². The van der Waals surface area contributed by atoms with Crippen molar-refractivity contribution >= 4 is 14.3 Å². The molecule has 5 heteroatoms. The van der Waals surface area contributed by atoms with Crippen molar-refractivity contribution in [2.45, 2.75) is 0 Å². The van der Waals surface area contributed by atoms with Crippen LogP contribution in [-0.2, 0) is 0 Å². The quantitative estimate of drug-likeness (QED) is 0.415. The summed E-state index contributed by atoms with van der Waals surface area (Å²) in [4.78, 5) is 10.0. The van der Waals surface area contributed by atoms with E-state index < -0.39 is 5.97 Å². The van der Waals surface area contributed by atoms with Gasteiger partial charge in [-0.05, 0) is 11.9 Å². The standard InChI is InChI=1S/C5H4NO2P.Na/c7-5(8)4-2-1-3-9-6-4;/h1-3H,(H,7,8);/q;+1/p-1. The Kier molecular flexibility index (Phi) is 4.83. The second kappa shape index (κ2) is 4.80. The molecule has 0 aliphatic carbocycles. The summed E-state index contributed by atoms with van der Waals surface area (Å²) in [7, 11) is 0.658. The van der Waals surface area contributed by atoms with Gasteiger partial charge in [-0.1, -0.05) is 6.07 Å². The van der Waals surface area contributed by atoms with Gasteiger partial charge in [-0.25, -0.2) is 4.75 Å². The van der Waals surface area contributed by atoms with Crippen molar-refractivity contribution in [1.82, 2.24) is 4.75 Å². The Balaban J connectivity index is 0.000000810. The van der Waals surface area contributed by atoms with Gasteiger partial charge in [-0.15, -0.1) is 0 Å². The van der Waals surface area contributed by atoms with E-state index in [4.69, 9.17) is 0 Å². The number of aromatic nitrogens is 1. The van der Waals surface area contributed by atoms with Gasteiger partial charge >= 0.3 is 29.6 Å². The van der Waals surface area contributed by atoms with E-state index in [0.29, 0.717) is 8.35 Å². The molecule has 0 bridgehead atoms. The summed E-state index contributed by atoms with van der Waals surface area (Å²) >= 11 is 0. The molecule has 0 N–H and O–H groups in total. The zero-order chi connectivity index (χ0) is 6.69. The fourth-order valence-electron chi connectivity index (χ4n) is 0.410. The first kappa shape index (κ1) is 10.0. The van der Waals surface area contributed by atoms with E-state index in [9.17, 15) is 9.90 Å². The van der Waals surface area contributed by atoms with Gasteiger partial charge in [0.2, 0.25) is 0 Å². The largest absolute Gasteiger partial charge is 1.00 e. The van der Waals surface area contributed by atoms with Crippen molar-refractivity contribution < 1.29 is 39.5 Å². The number of aromatic carboxylic acids is 1. The average Bonchev–Trinajstić information content (AvgIpc) is 1.90. The molecule has 1 aromatic heterocycles. The van der Waals surface area contributed by atoms with E-state index in [1.165, 1.54) is 6.07 Å². The number of carbonyl (C=O) groups excluding carboxylic acids is 1. The van der Waals surface area contributed by atoms with Gasteiger partial charge in [0.15, 0.2) is 0 Å². The molecule has 1 aromatic rings. The van der Waals surface area contributed by atoms with Crippen LogP contribution in [0.25, 0.3) is 0 Å². The molecule has 0 unspecified atom stereocenters. The molecule has 0 aromatic carbocycles. The van der Waals surface area contributed by atoms with Gasteiger partial charge in [-0.3, -0.25) is 0 Å². The Morgan fingerprint density at radius 1 is 1.70 bits per heavy atom. The van der Waals surface area contributed by atoms with Crippen molar-refractivity contribution in [3.05, 3.63) is 23.6 Å². The minimum Gasteiger partial charge on any atom is -0.543 e. The number of carboxylic acids is 1. The first-order valence-electron chi connectivity index (χ1n) is 2.30. The average molecular weight is 163 g/mol. The normalized spacial score (nSPS) is 8.80. The van der Waals surface area contributed by atoms with Crippen LogP contribution < -0.4 is 34.7 Å². The molecule has 0 saturated carbocycles. The summed E-state index contributed by atoms with van der Waals surface area (Å²) in [6.45, 7) is 0. The maximum Gasteiger partial charge on any atom is 1.00 e. The summed E-state index contributed by atoms with van der Waals surface area (Å²) in [5.74, 6) is 0.527. The number of carbonyl (C=O) groups is 1. The van der Waals surface area contributed by atoms with Crippen molar-refractivity contribution in [3.8, 4) is 0 Å². The summed E-state index contributed by atoms with van der Waals surface area (Å²) in [6.07, 6.45) is 0. The number of hydrogen-bond acceptors (Lipinski definition) is 3. The third-order valence-corrected chi connectivity index (χ3v) is 1.42. The summed E-state index contributed by atoms with van der Waals surface area (Å²) in [6, 6.07) is 3.05. The van der Waals surface area contributed by atoms with Crippen LogP contribution >= 0.6 is 8.35 Å². The number of carboxylic acid groups (broad SMARTS) is 1. The van der Waals surface area contributed by atoms with E-state index >= 15 is 0 Å². The second-order valence-electron chi connectivity index (χ2n) is 1.40. The van der Waals surface area contributed by atoms with Gasteiger partial charge in [0.1, 0.15) is 0 Å². The molecule has 0 spiro atoms. The predicted octanol–water partition coefficient (Wildman–Crippen LogP) is -2.97. The predicted molar refractivity (Wildman–Crippen MR) is 31.1 cm³/mol. The van der Waals surface area contributed by atoms with Gasteiger partial charge in [0.25, 0.3) is 0 Å². The van der Waals surface area contributed by atoms with Crippen LogP contribution in [0.1, 0.15) is 10.5 Å². The Labute approximate surface area is 81.9 Å². The Hall–Kier alpha value is 0.0500. The molecule has 0 amide bonds. The fourth-order valence-corrected chi connectivity index (χ4v) is 0.913. The Morgan fingerprint density at radius 3 is 2.70 bits per heavy atom. The Morgan fingerprint density at radius 2 is 2.40 bits per heavy atom. The van der Waals surface area contributed by atoms with Crippen LogP contribution in [0.2, 0.25) is 0 Å². The van der Waals surface area contributed by atoms with Gasteiger partial charge in [-0.2, -0.15) is 0 Å². The van der Waals surface area contributed by atoms with Crippen LogP contribution in [0.3, 0.4) is 0 Å². The van der Waals surface area contributed by atoms with E-state index in [-0.39, 0.29) is 35.3 Å². The molecule has 1 rings (SSSR count). The van der Waals surface area contributed by atoms with Crippen molar-refractivity contribution in [3.63, 3.8) is 0 Å². The van der Waals surface area contributed by atoms with Gasteiger partial charge in [0.05, 0.1) is 11.7 Å². The molecule has 0 fully saturated rings. The van der Waals surface area contributed by atoms with Crippen molar-refractivity contribution in [2.75, 3.05) is 0 Å². The second-order valence-corrected chi connectivity index (χ2v) is 2.13. The smallest absolute Gasteiger partial charge is 0.543 e. The minimum atomic E-state index is -1.22. The number of rotatable bonds is 1. The van der Waals surface area contributed by atoms with Crippen LogP contribution in [0.15, 0.2) is 17.9 Å². The van der Waals surface area contributed by atoms with E-state index in [0.717, 1.165) is 0 Å². The zero-order valence-electron chi connectivity index (χ0n) is 5.44. The third kappa shape index (κ3) is 2.76. The van der Waals surface area contributed by atoms with Crippen LogP contribution in [0, 0.1) is 0 Å². The fraction of sp³-hybridized carbons (Fsp3) is 0. The van der Waals surface area contributed by atoms with Crippen molar-refractivity contribution in [2.24, 2.45) is 0 Å². The maximum absolute atomic E-state index is 10.0. The monoisotopic (exact) mass is 163 g/mol. The first-order chi connectivity index (χ1) is 4.30. The molecule has 3 nitrogen and oxygen atoms in total. The molecule has 0 aliphatic rings. The molecule has 0 atom stereocenters. The van der Waals surface area contributed by atoms with Gasteiger partial charge < -0.3 is 9.90 Å². The van der Waals surface area contributed by atoms with E-state index in [1.807, 2.05) is 0 Å². The Bertz CT molecular complexity index is 216.